The van der Waals surface area contributed by atoms with Crippen LogP contribution < -0.4 is 10.9 Å². The highest BCUT2D eigenvalue weighted by Gasteiger charge is 2.20. The summed E-state index contributed by atoms with van der Waals surface area (Å²) in [5.41, 5.74) is 1.72. The molecule has 3 aromatic rings. The highest BCUT2D eigenvalue weighted by atomic mass is 32.2. The van der Waals surface area contributed by atoms with Gasteiger partial charge in [0, 0.05) is 42.0 Å². The van der Waals surface area contributed by atoms with Crippen molar-refractivity contribution in [3.05, 3.63) is 73.1 Å². The maximum atomic E-state index is 12.6. The lowest BCUT2D eigenvalue weighted by atomic mass is 10.1. The molecule has 8 nitrogen and oxygen atoms in total. The summed E-state index contributed by atoms with van der Waals surface area (Å²) in [6.07, 6.45) is 1.51. The van der Waals surface area contributed by atoms with Crippen LogP contribution in [0.2, 0.25) is 0 Å². The van der Waals surface area contributed by atoms with Crippen LogP contribution in [0.1, 0.15) is 21.6 Å². The molecule has 0 unspecified atom stereocenters. The number of thiazole rings is 1. The van der Waals surface area contributed by atoms with Crippen molar-refractivity contribution in [2.24, 2.45) is 7.05 Å². The zero-order valence-electron chi connectivity index (χ0n) is 15.3. The summed E-state index contributed by atoms with van der Waals surface area (Å²) in [7, 11) is 1.58. The van der Waals surface area contributed by atoms with E-state index in [1.54, 1.807) is 20.0 Å². The Labute approximate surface area is 168 Å². The van der Waals surface area contributed by atoms with Crippen LogP contribution in [0.4, 0.5) is 11.4 Å². The molecule has 2 heterocycles. The molecule has 1 aromatic carbocycles. The molecule has 0 saturated carbocycles. The van der Waals surface area contributed by atoms with E-state index in [2.05, 4.69) is 10.3 Å². The number of aryl methyl sites for hydroxylation is 3. The number of carbonyl (C=O) groups is 1. The van der Waals surface area contributed by atoms with E-state index >= 15 is 0 Å². The smallest absolute Gasteiger partial charge is 0.284 e. The summed E-state index contributed by atoms with van der Waals surface area (Å²) >= 11 is 2.59. The summed E-state index contributed by atoms with van der Waals surface area (Å²) in [6, 6.07) is 5.73. The summed E-state index contributed by atoms with van der Waals surface area (Å²) in [6.45, 7) is 3.55. The van der Waals surface area contributed by atoms with Gasteiger partial charge in [-0.25, -0.2) is 4.98 Å². The molecule has 28 heavy (non-hydrogen) atoms. The second kappa shape index (κ2) is 7.95. The molecular weight excluding hydrogens is 400 g/mol. The van der Waals surface area contributed by atoms with E-state index in [1.807, 2.05) is 12.3 Å². The predicted molar refractivity (Wildman–Crippen MR) is 108 cm³/mol. The van der Waals surface area contributed by atoms with Crippen LogP contribution in [-0.2, 0) is 7.05 Å². The van der Waals surface area contributed by atoms with Crippen molar-refractivity contribution in [1.29, 1.82) is 0 Å². The van der Waals surface area contributed by atoms with Crippen molar-refractivity contribution in [3.63, 3.8) is 0 Å². The zero-order chi connectivity index (χ0) is 20.4. The summed E-state index contributed by atoms with van der Waals surface area (Å²) in [5, 5.41) is 16.1. The van der Waals surface area contributed by atoms with Crippen molar-refractivity contribution >= 4 is 40.4 Å². The molecule has 0 bridgehead atoms. The lowest BCUT2D eigenvalue weighted by Gasteiger charge is -2.10. The quantitative estimate of drug-likeness (QED) is 0.501. The fourth-order valence-electron chi connectivity index (χ4n) is 2.41. The SMILES string of the molecule is Cc1csc(Sc2ccc(C(=O)Nc3cn(C)c(=O)cc3C)cc2[N+](=O)[O-])n1. The number of aromatic nitrogens is 2. The van der Waals surface area contributed by atoms with Gasteiger partial charge in [-0.05, 0) is 31.5 Å². The van der Waals surface area contributed by atoms with Gasteiger partial charge in [0.05, 0.1) is 15.5 Å². The zero-order valence-corrected chi connectivity index (χ0v) is 16.9. The third-order valence-electron chi connectivity index (χ3n) is 3.90. The monoisotopic (exact) mass is 416 g/mol. The molecule has 1 N–H and O–H groups in total. The Morgan fingerprint density at radius 1 is 1.32 bits per heavy atom. The van der Waals surface area contributed by atoms with Crippen molar-refractivity contribution in [3.8, 4) is 0 Å². The van der Waals surface area contributed by atoms with Gasteiger partial charge >= 0.3 is 0 Å². The van der Waals surface area contributed by atoms with Crippen molar-refractivity contribution < 1.29 is 9.72 Å². The minimum Gasteiger partial charge on any atom is -0.320 e. The molecule has 0 radical (unpaired) electrons. The van der Waals surface area contributed by atoms with Gasteiger partial charge in [-0.15, -0.1) is 11.3 Å². The van der Waals surface area contributed by atoms with Crippen LogP contribution >= 0.6 is 23.1 Å². The molecule has 0 aliphatic rings. The third-order valence-corrected chi connectivity index (χ3v) is 6.02. The van der Waals surface area contributed by atoms with Gasteiger partial charge in [-0.3, -0.25) is 19.7 Å². The third kappa shape index (κ3) is 4.29. The van der Waals surface area contributed by atoms with Crippen LogP contribution in [-0.4, -0.2) is 20.4 Å². The second-order valence-electron chi connectivity index (χ2n) is 6.07. The lowest BCUT2D eigenvalue weighted by Crippen LogP contribution is -2.19. The molecule has 0 aliphatic carbocycles. The predicted octanol–water partition coefficient (Wildman–Crippen LogP) is 3.77. The highest BCUT2D eigenvalue weighted by molar-refractivity contribution is 8.01. The fraction of sp³-hybridized carbons (Fsp3) is 0.167. The van der Waals surface area contributed by atoms with E-state index in [0.29, 0.717) is 20.5 Å². The van der Waals surface area contributed by atoms with E-state index < -0.39 is 10.8 Å². The van der Waals surface area contributed by atoms with Gasteiger partial charge in [0.2, 0.25) is 0 Å². The number of nitrogens with zero attached hydrogens (tertiary/aromatic N) is 3. The maximum Gasteiger partial charge on any atom is 0.284 e. The molecule has 2 aromatic heterocycles. The van der Waals surface area contributed by atoms with Crippen LogP contribution in [0, 0.1) is 24.0 Å². The molecule has 0 atom stereocenters. The van der Waals surface area contributed by atoms with E-state index in [9.17, 15) is 19.7 Å². The molecule has 144 valence electrons. The number of nitrogens with one attached hydrogen (secondary N) is 1. The van der Waals surface area contributed by atoms with Gasteiger partial charge in [0.15, 0.2) is 4.34 Å². The second-order valence-corrected chi connectivity index (χ2v) is 8.22. The van der Waals surface area contributed by atoms with Gasteiger partial charge in [0.1, 0.15) is 0 Å². The molecule has 10 heteroatoms. The first-order valence-electron chi connectivity index (χ1n) is 8.11. The van der Waals surface area contributed by atoms with Gasteiger partial charge in [-0.2, -0.15) is 0 Å². The van der Waals surface area contributed by atoms with Crippen molar-refractivity contribution in [2.75, 3.05) is 5.32 Å². The van der Waals surface area contributed by atoms with E-state index in [0.717, 1.165) is 5.69 Å². The van der Waals surface area contributed by atoms with Crippen LogP contribution in [0.15, 0.2) is 49.9 Å². The number of rotatable bonds is 5. The first-order chi connectivity index (χ1) is 13.2. The number of hydrogen-bond donors (Lipinski definition) is 1. The molecule has 3 rings (SSSR count). The molecule has 0 saturated heterocycles. The Balaban J connectivity index is 1.89. The summed E-state index contributed by atoms with van der Waals surface area (Å²) < 4.78 is 2.04. The normalized spacial score (nSPS) is 10.7. The Morgan fingerprint density at radius 2 is 2.07 bits per heavy atom. The topological polar surface area (TPSA) is 107 Å². The maximum absolute atomic E-state index is 12.6. The molecule has 0 fully saturated rings. The molecule has 0 aliphatic heterocycles. The molecule has 1 amide bonds. The number of carbonyl (C=O) groups excluding carboxylic acids is 1. The average Bonchev–Trinajstić information content (AvgIpc) is 3.04. The summed E-state index contributed by atoms with van der Waals surface area (Å²) in [5.74, 6) is -0.494. The number of amides is 1. The number of anilines is 1. The minimum absolute atomic E-state index is 0.152. The number of pyridine rings is 1. The van der Waals surface area contributed by atoms with Gasteiger partial charge in [-0.1, -0.05) is 11.8 Å². The Kier molecular flexibility index (Phi) is 5.61. The lowest BCUT2D eigenvalue weighted by molar-refractivity contribution is -0.387. The number of hydrogen-bond acceptors (Lipinski definition) is 7. The highest BCUT2D eigenvalue weighted by Crippen LogP contribution is 2.36. The van der Waals surface area contributed by atoms with Crippen LogP contribution in [0.5, 0.6) is 0 Å². The van der Waals surface area contributed by atoms with Gasteiger partial charge in [0.25, 0.3) is 17.2 Å². The Hall–Kier alpha value is -2.98. The number of nitro benzene ring substituents is 1. The molecular formula is C18H16N4O4S2. The number of nitro groups is 1. The van der Waals surface area contributed by atoms with Crippen molar-refractivity contribution in [2.45, 2.75) is 23.1 Å². The number of benzene rings is 1. The van der Waals surface area contributed by atoms with Crippen LogP contribution in [0.3, 0.4) is 0 Å². The van der Waals surface area contributed by atoms with E-state index in [-0.39, 0.29) is 16.8 Å². The largest absolute Gasteiger partial charge is 0.320 e. The summed E-state index contributed by atoms with van der Waals surface area (Å²) in [4.78, 5) is 39.9. The Bertz CT molecular complexity index is 1140. The van der Waals surface area contributed by atoms with Crippen molar-refractivity contribution in [1.82, 2.24) is 9.55 Å². The average molecular weight is 416 g/mol. The van der Waals surface area contributed by atoms with E-state index in [4.69, 9.17) is 0 Å². The first-order valence-corrected chi connectivity index (χ1v) is 9.81. The standard InChI is InChI=1S/C18H16N4O4S2/c1-10-6-16(23)21(3)8-13(10)20-17(24)12-4-5-15(14(7-12)22(25)26)28-18-19-11(2)9-27-18/h4-9H,1-3H3,(H,20,24). The first kappa shape index (κ1) is 19.8. The Morgan fingerprint density at radius 3 is 2.71 bits per heavy atom. The fourth-order valence-corrected chi connectivity index (χ4v) is 4.29. The molecule has 0 spiro atoms. The van der Waals surface area contributed by atoms with Gasteiger partial charge < -0.3 is 9.88 Å². The van der Waals surface area contributed by atoms with E-state index in [1.165, 1.54) is 52.1 Å². The minimum atomic E-state index is -0.517. The van der Waals surface area contributed by atoms with Crippen LogP contribution in [0.25, 0.3) is 0 Å².